The van der Waals surface area contributed by atoms with Gasteiger partial charge in [-0.3, -0.25) is 4.79 Å². The average Bonchev–Trinajstić information content (AvgIpc) is 2.68. The van der Waals surface area contributed by atoms with E-state index < -0.39 is 0 Å². The summed E-state index contributed by atoms with van der Waals surface area (Å²) in [5, 5.41) is 13.8. The van der Waals surface area contributed by atoms with Gasteiger partial charge in [0.05, 0.1) is 17.6 Å². The van der Waals surface area contributed by atoms with Crippen LogP contribution in [0.3, 0.4) is 0 Å². The first-order valence-electron chi connectivity index (χ1n) is 8.94. The molecule has 1 aliphatic heterocycles. The second-order valence-corrected chi connectivity index (χ2v) is 7.45. The van der Waals surface area contributed by atoms with Crippen molar-refractivity contribution in [2.45, 2.75) is 31.6 Å². The van der Waals surface area contributed by atoms with Gasteiger partial charge in [0.2, 0.25) is 0 Å². The highest BCUT2D eigenvalue weighted by Crippen LogP contribution is 2.44. The van der Waals surface area contributed by atoms with E-state index in [1.165, 1.54) is 0 Å². The minimum atomic E-state index is -0.317. The number of hydrogen-bond donors (Lipinski definition) is 1. The fourth-order valence-corrected chi connectivity index (χ4v) is 4.20. The van der Waals surface area contributed by atoms with E-state index in [-0.39, 0.29) is 17.6 Å². The van der Waals surface area contributed by atoms with Crippen LogP contribution < -0.4 is 10.3 Å². The molecule has 4 rings (SSSR count). The smallest absolute Gasteiger partial charge is 0.171 e. The third-order valence-corrected chi connectivity index (χ3v) is 5.61. The lowest BCUT2D eigenvalue weighted by atomic mass is 9.72. The number of aromatic nitrogens is 1. The number of aromatic amines is 1. The van der Waals surface area contributed by atoms with Crippen LogP contribution in [0.5, 0.6) is 0 Å². The van der Waals surface area contributed by atoms with Crippen molar-refractivity contribution in [2.24, 2.45) is 0 Å². The van der Waals surface area contributed by atoms with Crippen LogP contribution >= 0.6 is 11.6 Å². The Morgan fingerprint density at radius 1 is 1.19 bits per heavy atom. The molecule has 2 heterocycles. The van der Waals surface area contributed by atoms with Crippen molar-refractivity contribution in [3.05, 3.63) is 87.5 Å². The van der Waals surface area contributed by atoms with Crippen molar-refractivity contribution >= 4 is 17.4 Å². The van der Waals surface area contributed by atoms with Gasteiger partial charge in [0.15, 0.2) is 18.2 Å². The highest BCUT2D eigenvalue weighted by molar-refractivity contribution is 6.30. The van der Waals surface area contributed by atoms with Crippen molar-refractivity contribution in [1.29, 1.82) is 5.26 Å². The molecule has 2 aromatic rings. The van der Waals surface area contributed by atoms with Gasteiger partial charge in [-0.1, -0.05) is 23.7 Å². The van der Waals surface area contributed by atoms with Gasteiger partial charge in [0.1, 0.15) is 0 Å². The maximum atomic E-state index is 13.2. The molecule has 0 radical (unpaired) electrons. The summed E-state index contributed by atoms with van der Waals surface area (Å²) in [5.41, 5.74) is 5.11. The van der Waals surface area contributed by atoms with Gasteiger partial charge in [-0.25, -0.2) is 4.98 Å². The summed E-state index contributed by atoms with van der Waals surface area (Å²) < 4.78 is 0. The van der Waals surface area contributed by atoms with Crippen molar-refractivity contribution in [1.82, 2.24) is 5.32 Å². The number of rotatable bonds is 2. The number of carbonyl (C=O) groups is 1. The number of nitrogens with one attached hydrogen (secondary N) is 2. The minimum absolute atomic E-state index is 0.0952. The lowest BCUT2D eigenvalue weighted by Crippen LogP contribution is -2.33. The number of ketones is 1. The van der Waals surface area contributed by atoms with Gasteiger partial charge >= 0.3 is 0 Å². The third kappa shape index (κ3) is 3.15. The fourth-order valence-electron chi connectivity index (χ4n) is 4.08. The molecule has 0 saturated carbocycles. The van der Waals surface area contributed by atoms with Gasteiger partial charge in [0.25, 0.3) is 0 Å². The number of carbonyl (C=O) groups excluding carboxylic acids is 1. The van der Waals surface area contributed by atoms with Gasteiger partial charge < -0.3 is 5.32 Å². The van der Waals surface area contributed by atoms with E-state index >= 15 is 0 Å². The molecule has 4 nitrogen and oxygen atoms in total. The quantitative estimate of drug-likeness (QED) is 0.860. The zero-order valence-corrected chi connectivity index (χ0v) is 15.7. The summed E-state index contributed by atoms with van der Waals surface area (Å²) in [6, 6.07) is 13.9. The third-order valence-electron chi connectivity index (χ3n) is 5.35. The molecule has 2 N–H and O–H groups in total. The van der Waals surface area contributed by atoms with Gasteiger partial charge in [0, 0.05) is 40.0 Å². The summed E-state index contributed by atoms with van der Waals surface area (Å²) in [6.07, 6.45) is 4.87. The normalized spacial score (nSPS) is 22.2. The molecule has 0 bridgehead atoms. The molecular formula is C22H19ClN3O+. The van der Waals surface area contributed by atoms with Crippen LogP contribution in [0, 0.1) is 11.3 Å². The molecule has 2 atom stereocenters. The maximum absolute atomic E-state index is 13.2. The number of nitrogens with zero attached hydrogens (tertiary/aromatic N) is 1. The molecule has 0 fully saturated rings. The molecule has 1 aromatic heterocycles. The molecule has 0 amide bonds. The van der Waals surface area contributed by atoms with E-state index in [4.69, 9.17) is 11.6 Å². The molecule has 0 saturated heterocycles. The fraction of sp³-hybridized carbons (Fsp3) is 0.227. The lowest BCUT2D eigenvalue weighted by molar-refractivity contribution is -0.378. The van der Waals surface area contributed by atoms with Gasteiger partial charge in [-0.2, -0.15) is 5.26 Å². The second-order valence-electron chi connectivity index (χ2n) is 7.02. The number of pyridine rings is 1. The predicted octanol–water partition coefficient (Wildman–Crippen LogP) is 4.04. The number of nitriles is 1. The van der Waals surface area contributed by atoms with Crippen LogP contribution in [0.15, 0.2) is 71.3 Å². The van der Waals surface area contributed by atoms with Crippen molar-refractivity contribution < 1.29 is 9.78 Å². The first-order valence-corrected chi connectivity index (χ1v) is 9.32. The Kier molecular flexibility index (Phi) is 4.55. The molecule has 0 spiro atoms. The Morgan fingerprint density at radius 2 is 1.96 bits per heavy atom. The highest BCUT2D eigenvalue weighted by Gasteiger charge is 2.39. The molecule has 27 heavy (non-hydrogen) atoms. The molecule has 1 aliphatic carbocycles. The highest BCUT2D eigenvalue weighted by atomic mass is 35.5. The average molecular weight is 377 g/mol. The molecule has 134 valence electrons. The van der Waals surface area contributed by atoms with E-state index in [1.54, 1.807) is 0 Å². The van der Waals surface area contributed by atoms with E-state index in [2.05, 4.69) is 16.4 Å². The van der Waals surface area contributed by atoms with Crippen molar-refractivity contribution in [3.63, 3.8) is 0 Å². The monoisotopic (exact) mass is 376 g/mol. The van der Waals surface area contributed by atoms with Crippen LogP contribution in [-0.4, -0.2) is 5.78 Å². The number of Topliss-reactive ketones (excluding diaryl/α,β-unsaturated/α-hetero) is 1. The molecular weight excluding hydrogens is 358 g/mol. The predicted molar refractivity (Wildman–Crippen MR) is 103 cm³/mol. The number of allylic oxidation sites excluding steroid dienone is 4. The zero-order valence-electron chi connectivity index (χ0n) is 14.9. The summed E-state index contributed by atoms with van der Waals surface area (Å²) in [5.74, 6) is -0.111. The molecule has 1 aromatic carbocycles. The maximum Gasteiger partial charge on any atom is 0.171 e. The molecule has 2 aliphatic rings. The number of halogens is 1. The Labute approximate surface area is 163 Å². The number of hydrogen-bond acceptors (Lipinski definition) is 3. The Balaban J connectivity index is 1.77. The zero-order chi connectivity index (χ0) is 19.0. The van der Waals surface area contributed by atoms with Crippen LogP contribution in [-0.2, 0) is 4.79 Å². The molecule has 2 unspecified atom stereocenters. The standard InChI is InChI=1S/C22H18ClN3O/c1-13-18(11-24)21(15-3-2-8-25-12-15)22-19(26-13)9-16(10-20(22)27)14-4-6-17(23)7-5-14/h2-8,12,16,21,26H,9-10H2,1H3/p+1. The van der Waals surface area contributed by atoms with Gasteiger partial charge in [-0.05, 0) is 43.0 Å². The van der Waals surface area contributed by atoms with Crippen molar-refractivity contribution in [2.75, 3.05) is 0 Å². The van der Waals surface area contributed by atoms with E-state index in [9.17, 15) is 10.1 Å². The van der Waals surface area contributed by atoms with E-state index in [0.717, 1.165) is 34.5 Å². The van der Waals surface area contributed by atoms with E-state index in [0.29, 0.717) is 17.0 Å². The lowest BCUT2D eigenvalue weighted by Gasteiger charge is -2.35. The number of benzene rings is 1. The van der Waals surface area contributed by atoms with Crippen LogP contribution in [0.25, 0.3) is 0 Å². The first kappa shape index (κ1) is 17.5. The molecule has 5 heteroatoms. The minimum Gasteiger partial charge on any atom is -0.361 e. The van der Waals surface area contributed by atoms with Crippen molar-refractivity contribution in [3.8, 4) is 6.07 Å². The largest absolute Gasteiger partial charge is 0.361 e. The van der Waals surface area contributed by atoms with Gasteiger partial charge in [-0.15, -0.1) is 0 Å². The number of dihydropyridines is 1. The van der Waals surface area contributed by atoms with Crippen LogP contribution in [0.1, 0.15) is 42.7 Å². The summed E-state index contributed by atoms with van der Waals surface area (Å²) >= 11 is 6.00. The van der Waals surface area contributed by atoms with Crippen LogP contribution in [0.2, 0.25) is 5.02 Å². The topological polar surface area (TPSA) is 67.0 Å². The van der Waals surface area contributed by atoms with Crippen LogP contribution in [0.4, 0.5) is 0 Å². The Hall–Kier alpha value is -2.90. The Bertz CT molecular complexity index is 1000. The second kappa shape index (κ2) is 7.02. The summed E-state index contributed by atoms with van der Waals surface area (Å²) in [6.45, 7) is 1.90. The van der Waals surface area contributed by atoms with E-state index in [1.807, 2.05) is 55.7 Å². The summed E-state index contributed by atoms with van der Waals surface area (Å²) in [4.78, 5) is 16.2. The summed E-state index contributed by atoms with van der Waals surface area (Å²) in [7, 11) is 0. The number of H-pyrrole nitrogens is 1. The first-order chi connectivity index (χ1) is 13.1. The Morgan fingerprint density at radius 3 is 2.63 bits per heavy atom. The SMILES string of the molecule is CC1=C(C#N)C(c2ccc[nH+]c2)C2=C(CC(c3ccc(Cl)cc3)CC2=O)N1.